The van der Waals surface area contributed by atoms with Gasteiger partial charge in [0.1, 0.15) is 5.75 Å². The van der Waals surface area contributed by atoms with Crippen LogP contribution in [0.4, 0.5) is 0 Å². The molecule has 0 spiro atoms. The maximum atomic E-state index is 12.8. The van der Waals surface area contributed by atoms with Gasteiger partial charge < -0.3 is 14.4 Å². The van der Waals surface area contributed by atoms with Gasteiger partial charge in [-0.3, -0.25) is 9.59 Å². The second-order valence-corrected chi connectivity index (χ2v) is 6.23. The first-order chi connectivity index (χ1) is 12.0. The molecule has 1 aliphatic rings. The zero-order chi connectivity index (χ0) is 18.3. The highest BCUT2D eigenvalue weighted by Crippen LogP contribution is 2.36. The minimum Gasteiger partial charge on any atom is -0.497 e. The molecule has 0 saturated carbocycles. The molecule has 134 valence electrons. The predicted octanol–water partition coefficient (Wildman–Crippen LogP) is 2.43. The fourth-order valence-electron chi connectivity index (χ4n) is 3.33. The number of hydrogen-bond donors (Lipinski definition) is 0. The lowest BCUT2D eigenvalue weighted by molar-refractivity contribution is -0.160. The van der Waals surface area contributed by atoms with Crippen LogP contribution in [0.1, 0.15) is 32.3 Å². The number of hydrogen-bond acceptors (Lipinski definition) is 4. The van der Waals surface area contributed by atoms with Gasteiger partial charge in [0.2, 0.25) is 0 Å². The van der Waals surface area contributed by atoms with Gasteiger partial charge in [-0.25, -0.2) is 0 Å². The lowest BCUT2D eigenvalue weighted by Gasteiger charge is -2.40. The Kier molecular flexibility index (Phi) is 6.46. The molecule has 0 radical (unpaired) electrons. The van der Waals surface area contributed by atoms with Gasteiger partial charge in [0.05, 0.1) is 19.1 Å². The van der Waals surface area contributed by atoms with Gasteiger partial charge in [-0.05, 0) is 56.7 Å². The van der Waals surface area contributed by atoms with Crippen molar-refractivity contribution in [1.82, 2.24) is 4.90 Å². The summed E-state index contributed by atoms with van der Waals surface area (Å²) in [6.45, 7) is 4.70. The molecule has 1 saturated heterocycles. The first-order valence-corrected chi connectivity index (χ1v) is 8.56. The van der Waals surface area contributed by atoms with Crippen molar-refractivity contribution in [2.75, 3.05) is 26.8 Å². The molecule has 0 N–H and O–H groups in total. The van der Waals surface area contributed by atoms with Crippen molar-refractivity contribution in [3.05, 3.63) is 29.8 Å². The van der Waals surface area contributed by atoms with Crippen molar-refractivity contribution in [3.8, 4) is 17.6 Å². The van der Waals surface area contributed by atoms with Crippen LogP contribution in [0.2, 0.25) is 0 Å². The van der Waals surface area contributed by atoms with Gasteiger partial charge in [0, 0.05) is 13.1 Å². The van der Waals surface area contributed by atoms with Crippen LogP contribution in [-0.2, 0) is 20.7 Å². The highest BCUT2D eigenvalue weighted by Gasteiger charge is 2.44. The van der Waals surface area contributed by atoms with Crippen molar-refractivity contribution < 1.29 is 19.1 Å². The summed E-state index contributed by atoms with van der Waals surface area (Å²) in [5.41, 5.74) is 0.245. The number of piperidine rings is 1. The first kappa shape index (κ1) is 18.9. The molecule has 5 nitrogen and oxygen atoms in total. The molecular formula is C20H25NO4. The van der Waals surface area contributed by atoms with E-state index in [1.165, 1.54) is 0 Å². The number of likely N-dealkylation sites (tertiary alicyclic amines) is 1. The van der Waals surface area contributed by atoms with Crippen LogP contribution in [-0.4, -0.2) is 43.6 Å². The van der Waals surface area contributed by atoms with E-state index < -0.39 is 5.41 Å². The number of benzene rings is 1. The van der Waals surface area contributed by atoms with E-state index in [0.717, 1.165) is 17.7 Å². The summed E-state index contributed by atoms with van der Waals surface area (Å²) < 4.78 is 10.6. The Morgan fingerprint density at radius 2 is 2.16 bits per heavy atom. The van der Waals surface area contributed by atoms with Crippen LogP contribution in [0.15, 0.2) is 24.3 Å². The number of methoxy groups -OCH3 is 1. The number of nitrogens with zero attached hydrogens (tertiary/aromatic N) is 1. The quantitative estimate of drug-likeness (QED) is 0.609. The smallest absolute Gasteiger partial charge is 0.314 e. The standard InChI is InChI=1S/C20H25NO4/c1-4-8-18(22)21-12-7-11-20(15-21,19(23)25-5-2)14-16-9-6-10-17(13-16)24-3/h6,9-10,13H,5,7,11-12,14-15H2,1-3H3/t20-/m0/s1. The van der Waals surface area contributed by atoms with Gasteiger partial charge in [0.25, 0.3) is 5.91 Å². The Morgan fingerprint density at radius 3 is 2.84 bits per heavy atom. The lowest BCUT2D eigenvalue weighted by atomic mass is 9.75. The average Bonchev–Trinajstić information content (AvgIpc) is 2.62. The Hall–Kier alpha value is -2.48. The third-order valence-corrected chi connectivity index (χ3v) is 4.48. The van der Waals surface area contributed by atoms with Gasteiger partial charge in [-0.2, -0.15) is 0 Å². The van der Waals surface area contributed by atoms with Gasteiger partial charge in [-0.1, -0.05) is 18.1 Å². The fourth-order valence-corrected chi connectivity index (χ4v) is 3.33. The van der Waals surface area contributed by atoms with Crippen molar-refractivity contribution in [2.24, 2.45) is 5.41 Å². The molecule has 1 heterocycles. The zero-order valence-electron chi connectivity index (χ0n) is 15.1. The average molecular weight is 343 g/mol. The van der Waals surface area contributed by atoms with Crippen molar-refractivity contribution in [2.45, 2.75) is 33.1 Å². The van der Waals surface area contributed by atoms with E-state index in [1.807, 2.05) is 24.3 Å². The molecular weight excluding hydrogens is 318 g/mol. The Balaban J connectivity index is 2.31. The minimum absolute atomic E-state index is 0.235. The fraction of sp³-hybridized carbons (Fsp3) is 0.500. The summed E-state index contributed by atoms with van der Waals surface area (Å²) in [6.07, 6.45) is 1.94. The summed E-state index contributed by atoms with van der Waals surface area (Å²) in [5, 5.41) is 0. The second kappa shape index (κ2) is 8.57. The van der Waals surface area contributed by atoms with Crippen LogP contribution >= 0.6 is 0 Å². The van der Waals surface area contributed by atoms with Gasteiger partial charge in [0.15, 0.2) is 0 Å². The Morgan fingerprint density at radius 1 is 1.36 bits per heavy atom. The summed E-state index contributed by atoms with van der Waals surface area (Å²) >= 11 is 0. The maximum absolute atomic E-state index is 12.8. The lowest BCUT2D eigenvalue weighted by Crippen LogP contribution is -2.51. The second-order valence-electron chi connectivity index (χ2n) is 6.23. The van der Waals surface area contributed by atoms with E-state index in [2.05, 4.69) is 11.8 Å². The van der Waals surface area contributed by atoms with Gasteiger partial charge in [-0.15, -0.1) is 0 Å². The SMILES string of the molecule is CC#CC(=O)N1CCC[C@@](Cc2cccc(OC)c2)(C(=O)OCC)C1. The largest absolute Gasteiger partial charge is 0.497 e. The third kappa shape index (κ3) is 4.54. The Labute approximate surface area is 149 Å². The highest BCUT2D eigenvalue weighted by molar-refractivity contribution is 5.94. The molecule has 1 aromatic carbocycles. The molecule has 1 aromatic rings. The van der Waals surface area contributed by atoms with E-state index >= 15 is 0 Å². The van der Waals surface area contributed by atoms with E-state index in [-0.39, 0.29) is 11.9 Å². The van der Waals surface area contributed by atoms with Crippen LogP contribution < -0.4 is 4.74 Å². The van der Waals surface area contributed by atoms with Gasteiger partial charge >= 0.3 is 5.97 Å². The summed E-state index contributed by atoms with van der Waals surface area (Å²) in [5.74, 6) is 5.47. The van der Waals surface area contributed by atoms with Crippen LogP contribution in [0.5, 0.6) is 5.75 Å². The monoisotopic (exact) mass is 343 g/mol. The highest BCUT2D eigenvalue weighted by atomic mass is 16.5. The molecule has 1 fully saturated rings. The molecule has 1 amide bonds. The number of ether oxygens (including phenoxy) is 2. The minimum atomic E-state index is -0.744. The van der Waals surface area contributed by atoms with E-state index in [4.69, 9.17) is 9.47 Å². The molecule has 0 aromatic heterocycles. The molecule has 2 rings (SSSR count). The number of amides is 1. The molecule has 0 unspecified atom stereocenters. The van der Waals surface area contributed by atoms with Crippen molar-refractivity contribution >= 4 is 11.9 Å². The van der Waals surface area contributed by atoms with Crippen molar-refractivity contribution in [1.29, 1.82) is 0 Å². The molecule has 25 heavy (non-hydrogen) atoms. The van der Waals surface area contributed by atoms with E-state index in [0.29, 0.717) is 32.5 Å². The van der Waals surface area contributed by atoms with Crippen molar-refractivity contribution in [3.63, 3.8) is 0 Å². The van der Waals surface area contributed by atoms with E-state index in [1.54, 1.807) is 25.9 Å². The normalized spacial score (nSPS) is 19.6. The predicted molar refractivity (Wildman–Crippen MR) is 95.0 cm³/mol. The molecule has 5 heteroatoms. The summed E-state index contributed by atoms with van der Waals surface area (Å²) in [4.78, 5) is 26.6. The third-order valence-electron chi connectivity index (χ3n) is 4.48. The van der Waals surface area contributed by atoms with Crippen LogP contribution in [0.25, 0.3) is 0 Å². The summed E-state index contributed by atoms with van der Waals surface area (Å²) in [6, 6.07) is 7.67. The Bertz CT molecular complexity index is 688. The number of carbonyl (C=O) groups excluding carboxylic acids is 2. The zero-order valence-corrected chi connectivity index (χ0v) is 15.1. The van der Waals surface area contributed by atoms with E-state index in [9.17, 15) is 9.59 Å². The number of rotatable bonds is 5. The summed E-state index contributed by atoms with van der Waals surface area (Å²) in [7, 11) is 1.62. The maximum Gasteiger partial charge on any atom is 0.314 e. The molecule has 0 bridgehead atoms. The van der Waals surface area contributed by atoms with Crippen LogP contribution in [0.3, 0.4) is 0 Å². The van der Waals surface area contributed by atoms with Crippen LogP contribution in [0, 0.1) is 17.3 Å². The molecule has 1 aliphatic heterocycles. The molecule has 1 atom stereocenters. The molecule has 0 aliphatic carbocycles. The number of carbonyl (C=O) groups is 2. The topological polar surface area (TPSA) is 55.8 Å². The first-order valence-electron chi connectivity index (χ1n) is 8.56. The number of esters is 1.